The highest BCUT2D eigenvalue weighted by Gasteiger charge is 2.38. The Bertz CT molecular complexity index is 602. The fraction of sp³-hybridized carbons (Fsp3) is 0.462. The molecular formula is C13H20BNO7S. The van der Waals surface area contributed by atoms with Gasteiger partial charge in [0, 0.05) is 0 Å². The zero-order chi connectivity index (χ0) is 17.4. The Hall–Kier alpha value is -1.46. The summed E-state index contributed by atoms with van der Waals surface area (Å²) in [7, 11) is -5.52. The van der Waals surface area contributed by atoms with E-state index in [2.05, 4.69) is 0 Å². The van der Waals surface area contributed by atoms with Gasteiger partial charge in [0.1, 0.15) is 22.9 Å². The summed E-state index contributed by atoms with van der Waals surface area (Å²) in [6, 6.07) is 3.98. The van der Waals surface area contributed by atoms with Crippen molar-refractivity contribution < 1.29 is 33.4 Å². The number of carbonyl (C=O) groups excluding carboxylic acids is 1. The van der Waals surface area contributed by atoms with Gasteiger partial charge in [-0.3, -0.25) is 9.11 Å². The lowest BCUT2D eigenvalue weighted by Gasteiger charge is -2.41. The molecule has 128 valence electrons. The van der Waals surface area contributed by atoms with Gasteiger partial charge in [-0.1, -0.05) is 16.8 Å². The molecule has 0 saturated carbocycles. The van der Waals surface area contributed by atoms with Gasteiger partial charge in [-0.25, -0.2) is 4.79 Å². The van der Waals surface area contributed by atoms with E-state index in [1.54, 1.807) is 20.8 Å². The van der Waals surface area contributed by atoms with Gasteiger partial charge in [0.05, 0.1) is 6.54 Å². The first kappa shape index (κ1) is 17.9. The average molecular weight is 345 g/mol. The number of hydrogen-bond acceptors (Lipinski definition) is 7. The largest absolute Gasteiger partial charge is 0.490 e. The van der Waals surface area contributed by atoms with E-state index >= 15 is 0 Å². The molecule has 1 heterocycles. The predicted molar refractivity (Wildman–Crippen MR) is 85.8 cm³/mol. The molecule has 0 unspecified atom stereocenters. The van der Waals surface area contributed by atoms with Gasteiger partial charge >= 0.3 is 13.2 Å². The minimum Gasteiger partial charge on any atom is -0.490 e. The number of hydrogen-bond donors (Lipinski definition) is 4. The summed E-state index contributed by atoms with van der Waals surface area (Å²) in [6.07, 6.45) is -0.885. The zero-order valence-electron chi connectivity index (χ0n) is 13.1. The van der Waals surface area contributed by atoms with Gasteiger partial charge in [0.25, 0.3) is 0 Å². The van der Waals surface area contributed by atoms with Gasteiger partial charge < -0.3 is 19.5 Å². The van der Waals surface area contributed by atoms with Crippen molar-refractivity contribution in [2.75, 3.05) is 13.2 Å². The van der Waals surface area contributed by atoms with Crippen LogP contribution in [0.2, 0.25) is 0 Å². The zero-order valence-corrected chi connectivity index (χ0v) is 13.9. The number of fused-ring (bicyclic) bond motifs is 1. The molecule has 0 fully saturated rings. The van der Waals surface area contributed by atoms with E-state index < -0.39 is 29.6 Å². The highest BCUT2D eigenvalue weighted by atomic mass is 32.3. The Morgan fingerprint density at radius 2 is 2.00 bits per heavy atom. The molecule has 1 aromatic carbocycles. The molecule has 4 N–H and O–H groups in total. The smallest absolute Gasteiger partial charge is 0.488 e. The molecule has 0 aromatic heterocycles. The van der Waals surface area contributed by atoms with Crippen molar-refractivity contribution in [3.8, 4) is 5.75 Å². The SMILES string of the molecule is CC(C)(C)OC(=O)N1CCOc2ccc(B(O)O)cc2S1(O)O. The molecule has 1 aliphatic heterocycles. The first-order chi connectivity index (χ1) is 10.5. The van der Waals surface area contributed by atoms with Crippen LogP contribution in [0.1, 0.15) is 20.8 Å². The number of amides is 1. The minimum atomic E-state index is -3.74. The number of carbonyl (C=O) groups is 1. The van der Waals surface area contributed by atoms with Crippen LogP contribution in [0.5, 0.6) is 5.75 Å². The lowest BCUT2D eigenvalue weighted by atomic mass is 9.80. The molecule has 23 heavy (non-hydrogen) atoms. The molecule has 0 spiro atoms. The quantitative estimate of drug-likeness (QED) is 0.561. The van der Waals surface area contributed by atoms with Crippen LogP contribution >= 0.6 is 10.8 Å². The summed E-state index contributed by atoms with van der Waals surface area (Å²) in [5.74, 6) is 0.167. The van der Waals surface area contributed by atoms with Crippen molar-refractivity contribution in [3.05, 3.63) is 18.2 Å². The third-order valence-electron chi connectivity index (χ3n) is 3.02. The third-order valence-corrected chi connectivity index (χ3v) is 4.87. The Morgan fingerprint density at radius 3 is 2.57 bits per heavy atom. The molecule has 8 nitrogen and oxygen atoms in total. The fourth-order valence-electron chi connectivity index (χ4n) is 2.01. The molecule has 1 amide bonds. The van der Waals surface area contributed by atoms with Crippen LogP contribution in [0.3, 0.4) is 0 Å². The van der Waals surface area contributed by atoms with Crippen molar-refractivity contribution in [3.63, 3.8) is 0 Å². The van der Waals surface area contributed by atoms with Crippen molar-refractivity contribution in [1.82, 2.24) is 4.31 Å². The second-order valence-corrected chi connectivity index (χ2v) is 7.95. The van der Waals surface area contributed by atoms with Gasteiger partial charge in [-0.2, -0.15) is 4.31 Å². The highest BCUT2D eigenvalue weighted by molar-refractivity contribution is 8.22. The molecular weight excluding hydrogens is 325 g/mol. The van der Waals surface area contributed by atoms with E-state index in [9.17, 15) is 23.9 Å². The van der Waals surface area contributed by atoms with Crippen molar-refractivity contribution >= 4 is 29.5 Å². The maximum Gasteiger partial charge on any atom is 0.488 e. The van der Waals surface area contributed by atoms with E-state index in [0.29, 0.717) is 0 Å². The number of benzene rings is 1. The predicted octanol–water partition coefficient (Wildman–Crippen LogP) is 1.02. The lowest BCUT2D eigenvalue weighted by Crippen LogP contribution is -2.39. The van der Waals surface area contributed by atoms with Crippen molar-refractivity contribution in [2.24, 2.45) is 0 Å². The molecule has 1 aromatic rings. The second-order valence-electron chi connectivity index (χ2n) is 6.03. The molecule has 10 heteroatoms. The van der Waals surface area contributed by atoms with Gasteiger partial charge in [-0.15, -0.1) is 0 Å². The Morgan fingerprint density at radius 1 is 1.35 bits per heavy atom. The topological polar surface area (TPSA) is 120 Å². The molecule has 0 aliphatic carbocycles. The summed E-state index contributed by atoms with van der Waals surface area (Å²) in [5.41, 5.74) is -0.746. The molecule has 1 aliphatic rings. The number of ether oxygens (including phenoxy) is 2. The molecule has 0 saturated heterocycles. The van der Waals surface area contributed by atoms with Crippen LogP contribution < -0.4 is 10.2 Å². The van der Waals surface area contributed by atoms with Crippen LogP contribution in [0.25, 0.3) is 0 Å². The summed E-state index contributed by atoms with van der Waals surface area (Å²) in [5, 5.41) is 18.5. The lowest BCUT2D eigenvalue weighted by molar-refractivity contribution is 0.0366. The van der Waals surface area contributed by atoms with Gasteiger partial charge in [0.15, 0.2) is 0 Å². The Labute approximate surface area is 136 Å². The van der Waals surface area contributed by atoms with E-state index in [-0.39, 0.29) is 29.3 Å². The maximum absolute atomic E-state index is 12.3. The highest BCUT2D eigenvalue weighted by Crippen LogP contribution is 2.56. The first-order valence-corrected chi connectivity index (χ1v) is 8.44. The molecule has 0 bridgehead atoms. The average Bonchev–Trinajstić information content (AvgIpc) is 2.53. The molecule has 0 atom stereocenters. The Kier molecular flexibility index (Phi) is 4.83. The Balaban J connectivity index is 2.42. The summed E-state index contributed by atoms with van der Waals surface area (Å²) < 4.78 is 32.5. The normalized spacial score (nSPS) is 18.3. The van der Waals surface area contributed by atoms with E-state index in [1.807, 2.05) is 0 Å². The van der Waals surface area contributed by atoms with Gasteiger partial charge in [-0.05, 0) is 38.4 Å². The molecule has 2 rings (SSSR count). The second kappa shape index (κ2) is 6.21. The maximum atomic E-state index is 12.3. The van der Waals surface area contributed by atoms with Crippen LogP contribution in [0.4, 0.5) is 4.79 Å². The van der Waals surface area contributed by atoms with Crippen molar-refractivity contribution in [1.29, 1.82) is 0 Å². The van der Waals surface area contributed by atoms with Crippen LogP contribution in [0.15, 0.2) is 23.1 Å². The first-order valence-electron chi connectivity index (χ1n) is 6.94. The summed E-state index contributed by atoms with van der Waals surface area (Å²) in [6.45, 7) is 4.96. The third kappa shape index (κ3) is 3.90. The van der Waals surface area contributed by atoms with Crippen LogP contribution in [-0.2, 0) is 4.74 Å². The van der Waals surface area contributed by atoms with E-state index in [0.717, 1.165) is 4.31 Å². The minimum absolute atomic E-state index is 0.0448. The van der Waals surface area contributed by atoms with Crippen LogP contribution in [-0.4, -0.2) is 55.4 Å². The van der Waals surface area contributed by atoms with Crippen LogP contribution in [0, 0.1) is 0 Å². The molecule has 0 radical (unpaired) electrons. The summed E-state index contributed by atoms with van der Waals surface area (Å²) in [4.78, 5) is 12.2. The standard InChI is InChI=1S/C13H20BNO7S/c1-13(2,3)22-12(16)15-6-7-21-10-5-4-9(14(17)18)8-11(10)23(15,19)20/h4-5,8,17-20H,6-7H2,1-3H3. The van der Waals surface area contributed by atoms with Gasteiger partial charge in [0.2, 0.25) is 0 Å². The number of nitrogens with zero attached hydrogens (tertiary/aromatic N) is 1. The van der Waals surface area contributed by atoms with E-state index in [1.165, 1.54) is 18.2 Å². The number of rotatable bonds is 1. The fourth-order valence-corrected chi connectivity index (χ4v) is 3.51. The van der Waals surface area contributed by atoms with E-state index in [4.69, 9.17) is 9.47 Å². The van der Waals surface area contributed by atoms with Crippen molar-refractivity contribution in [2.45, 2.75) is 31.3 Å². The monoisotopic (exact) mass is 345 g/mol. The summed E-state index contributed by atoms with van der Waals surface area (Å²) >= 11 is 0.